The highest BCUT2D eigenvalue weighted by molar-refractivity contribution is 5.90. The van der Waals surface area contributed by atoms with Gasteiger partial charge in [-0.3, -0.25) is 4.98 Å². The van der Waals surface area contributed by atoms with Gasteiger partial charge in [0.25, 0.3) is 0 Å². The molecule has 4 nitrogen and oxygen atoms in total. The van der Waals surface area contributed by atoms with Gasteiger partial charge in [-0.05, 0) is 37.3 Å². The van der Waals surface area contributed by atoms with Gasteiger partial charge in [0.2, 0.25) is 0 Å². The second-order valence-electron chi connectivity index (χ2n) is 6.31. The number of ether oxygens (including phenoxy) is 2. The highest BCUT2D eigenvalue weighted by atomic mass is 16.5. The van der Waals surface area contributed by atoms with Crippen LogP contribution in [0.1, 0.15) is 19.3 Å². The highest BCUT2D eigenvalue weighted by Gasteiger charge is 2.29. The lowest BCUT2D eigenvalue weighted by Gasteiger charge is -2.33. The molecule has 1 saturated heterocycles. The molecule has 1 N–H and O–H groups in total. The van der Waals surface area contributed by atoms with Crippen molar-refractivity contribution in [2.24, 2.45) is 5.92 Å². The number of fused-ring (bicyclic) bond motifs is 1. The fourth-order valence-electron chi connectivity index (χ4n) is 3.02. The van der Waals surface area contributed by atoms with Crippen molar-refractivity contribution in [2.75, 3.05) is 25.1 Å². The minimum atomic E-state index is 0.207. The predicted octanol–water partition coefficient (Wildman–Crippen LogP) is 3.23. The smallest absolute Gasteiger partial charge is 0.0820 e. The Labute approximate surface area is 130 Å². The van der Waals surface area contributed by atoms with Crippen molar-refractivity contribution in [1.29, 1.82) is 0 Å². The molecule has 1 aromatic carbocycles. The van der Waals surface area contributed by atoms with Crippen LogP contribution < -0.4 is 5.32 Å². The molecule has 116 valence electrons. The van der Waals surface area contributed by atoms with Crippen LogP contribution in [0.15, 0.2) is 36.5 Å². The predicted molar refractivity (Wildman–Crippen MR) is 87.1 cm³/mol. The summed E-state index contributed by atoms with van der Waals surface area (Å²) in [6.45, 7) is 2.40. The van der Waals surface area contributed by atoms with Crippen molar-refractivity contribution in [3.05, 3.63) is 36.5 Å². The number of hydrogen-bond donors (Lipinski definition) is 1. The molecule has 2 fully saturated rings. The van der Waals surface area contributed by atoms with E-state index in [2.05, 4.69) is 16.4 Å². The minimum Gasteiger partial charge on any atom is -0.379 e. The molecule has 2 atom stereocenters. The molecule has 2 aliphatic rings. The van der Waals surface area contributed by atoms with E-state index in [1.54, 1.807) is 0 Å². The van der Waals surface area contributed by atoms with Crippen molar-refractivity contribution in [2.45, 2.75) is 31.4 Å². The summed E-state index contributed by atoms with van der Waals surface area (Å²) >= 11 is 0. The topological polar surface area (TPSA) is 43.4 Å². The van der Waals surface area contributed by atoms with Crippen molar-refractivity contribution in [1.82, 2.24) is 4.98 Å². The molecule has 22 heavy (non-hydrogen) atoms. The van der Waals surface area contributed by atoms with Gasteiger partial charge >= 0.3 is 0 Å². The number of nitrogens with zero attached hydrogens (tertiary/aromatic N) is 1. The number of aromatic nitrogens is 1. The van der Waals surface area contributed by atoms with Gasteiger partial charge in [-0.15, -0.1) is 0 Å². The van der Waals surface area contributed by atoms with E-state index in [-0.39, 0.29) is 12.1 Å². The zero-order chi connectivity index (χ0) is 14.8. The Bertz CT molecular complexity index is 637. The highest BCUT2D eigenvalue weighted by Crippen LogP contribution is 2.30. The first-order valence-electron chi connectivity index (χ1n) is 8.20. The van der Waals surface area contributed by atoms with Gasteiger partial charge in [-0.2, -0.15) is 0 Å². The van der Waals surface area contributed by atoms with Crippen molar-refractivity contribution in [3.8, 4) is 0 Å². The number of nitrogens with one attached hydrogen (secondary N) is 1. The largest absolute Gasteiger partial charge is 0.379 e. The van der Waals surface area contributed by atoms with Gasteiger partial charge in [0.15, 0.2) is 0 Å². The lowest BCUT2D eigenvalue weighted by molar-refractivity contribution is -0.0438. The summed E-state index contributed by atoms with van der Waals surface area (Å²) in [6.07, 6.45) is 5.72. The summed E-state index contributed by atoms with van der Waals surface area (Å²) in [7, 11) is 0. The molecule has 4 rings (SSSR count). The third kappa shape index (κ3) is 3.08. The molecule has 1 aliphatic heterocycles. The number of pyridine rings is 1. The second kappa shape index (κ2) is 6.23. The Morgan fingerprint density at radius 1 is 1.18 bits per heavy atom. The summed E-state index contributed by atoms with van der Waals surface area (Å²) in [5.41, 5.74) is 2.13. The van der Waals surface area contributed by atoms with E-state index in [0.717, 1.165) is 42.1 Å². The normalized spacial score (nSPS) is 25.3. The molecular weight excluding hydrogens is 276 g/mol. The first-order chi connectivity index (χ1) is 10.9. The fraction of sp³-hybridized carbons (Fsp3) is 0.500. The van der Waals surface area contributed by atoms with Gasteiger partial charge in [0.1, 0.15) is 0 Å². The molecule has 1 aromatic heterocycles. The van der Waals surface area contributed by atoms with Crippen molar-refractivity contribution >= 4 is 16.6 Å². The number of benzene rings is 1. The molecule has 2 heterocycles. The van der Waals surface area contributed by atoms with Gasteiger partial charge in [-0.1, -0.05) is 18.2 Å². The molecule has 0 amide bonds. The van der Waals surface area contributed by atoms with Crippen molar-refractivity contribution in [3.63, 3.8) is 0 Å². The van der Waals surface area contributed by atoms with Crippen LogP contribution in [0.2, 0.25) is 0 Å². The third-order valence-electron chi connectivity index (χ3n) is 4.53. The molecule has 4 heteroatoms. The summed E-state index contributed by atoms with van der Waals surface area (Å²) in [5, 5.41) is 4.78. The first-order valence-corrected chi connectivity index (χ1v) is 8.20. The average molecular weight is 298 g/mol. The Hall–Kier alpha value is -1.65. The molecule has 0 radical (unpaired) electrons. The van der Waals surface area contributed by atoms with Gasteiger partial charge in [0, 0.05) is 30.5 Å². The van der Waals surface area contributed by atoms with Crippen LogP contribution >= 0.6 is 0 Å². The second-order valence-corrected chi connectivity index (χ2v) is 6.31. The Balaban J connectivity index is 1.51. The standard InChI is InChI=1S/C18H22N2O2/c1-2-4-15-14(3-1)16(7-9-19-15)20-17-12-21-10-8-18(17)22-11-13-5-6-13/h1-4,7,9,13,17-18H,5-6,8,10-12H2,(H,19,20)/t17-,18+/m0/s1. The van der Waals surface area contributed by atoms with Gasteiger partial charge < -0.3 is 14.8 Å². The van der Waals surface area contributed by atoms with E-state index in [0.29, 0.717) is 6.61 Å². The van der Waals surface area contributed by atoms with Crippen LogP contribution in [-0.2, 0) is 9.47 Å². The first kappa shape index (κ1) is 14.0. The molecule has 1 aliphatic carbocycles. The Morgan fingerprint density at radius 2 is 2.09 bits per heavy atom. The van der Waals surface area contributed by atoms with E-state index in [1.807, 2.05) is 30.5 Å². The molecule has 0 unspecified atom stereocenters. The SMILES string of the molecule is c1ccc2c(N[C@H]3COCC[C@H]3OCC3CC3)ccnc2c1. The van der Waals surface area contributed by atoms with Crippen LogP contribution in [-0.4, -0.2) is 37.0 Å². The number of para-hydroxylation sites is 1. The van der Waals surface area contributed by atoms with Crippen LogP contribution in [0.25, 0.3) is 10.9 Å². The molecule has 0 spiro atoms. The zero-order valence-corrected chi connectivity index (χ0v) is 12.7. The molecule has 1 saturated carbocycles. The van der Waals surface area contributed by atoms with Crippen LogP contribution in [0.5, 0.6) is 0 Å². The zero-order valence-electron chi connectivity index (χ0n) is 12.7. The summed E-state index contributed by atoms with van der Waals surface area (Å²) < 4.78 is 11.8. The maximum atomic E-state index is 6.15. The Morgan fingerprint density at radius 3 is 3.00 bits per heavy atom. The molecule has 2 aromatic rings. The summed E-state index contributed by atoms with van der Waals surface area (Å²) in [4.78, 5) is 4.42. The Kier molecular flexibility index (Phi) is 3.95. The van der Waals surface area contributed by atoms with Crippen LogP contribution in [0.3, 0.4) is 0 Å². The van der Waals surface area contributed by atoms with E-state index in [9.17, 15) is 0 Å². The van der Waals surface area contributed by atoms with E-state index in [4.69, 9.17) is 9.47 Å². The maximum absolute atomic E-state index is 6.15. The lowest BCUT2D eigenvalue weighted by atomic mass is 10.1. The maximum Gasteiger partial charge on any atom is 0.0820 e. The minimum absolute atomic E-state index is 0.207. The van der Waals surface area contributed by atoms with E-state index >= 15 is 0 Å². The monoisotopic (exact) mass is 298 g/mol. The van der Waals surface area contributed by atoms with Crippen LogP contribution in [0, 0.1) is 5.92 Å². The third-order valence-corrected chi connectivity index (χ3v) is 4.53. The number of anilines is 1. The van der Waals surface area contributed by atoms with E-state index in [1.165, 1.54) is 12.8 Å². The fourth-order valence-corrected chi connectivity index (χ4v) is 3.02. The average Bonchev–Trinajstić information content (AvgIpc) is 3.39. The van der Waals surface area contributed by atoms with Crippen molar-refractivity contribution < 1.29 is 9.47 Å². The molecular formula is C18H22N2O2. The lowest BCUT2D eigenvalue weighted by Crippen LogP contribution is -2.44. The van der Waals surface area contributed by atoms with Gasteiger partial charge in [-0.25, -0.2) is 0 Å². The summed E-state index contributed by atoms with van der Waals surface area (Å²) in [6, 6.07) is 10.5. The number of rotatable bonds is 5. The quantitative estimate of drug-likeness (QED) is 0.920. The molecule has 0 bridgehead atoms. The van der Waals surface area contributed by atoms with Crippen LogP contribution in [0.4, 0.5) is 5.69 Å². The van der Waals surface area contributed by atoms with Gasteiger partial charge in [0.05, 0.1) is 24.3 Å². The summed E-state index contributed by atoms with van der Waals surface area (Å²) in [5.74, 6) is 0.797. The number of hydrogen-bond acceptors (Lipinski definition) is 4. The van der Waals surface area contributed by atoms with E-state index < -0.39 is 0 Å².